The summed E-state index contributed by atoms with van der Waals surface area (Å²) in [7, 11) is 1.64. The lowest BCUT2D eigenvalue weighted by Gasteiger charge is -2.27. The predicted molar refractivity (Wildman–Crippen MR) is 146 cm³/mol. The fourth-order valence-corrected chi connectivity index (χ4v) is 5.14. The summed E-state index contributed by atoms with van der Waals surface area (Å²) in [5, 5.41) is 7.60. The lowest BCUT2D eigenvalue weighted by atomic mass is 9.95. The van der Waals surface area contributed by atoms with Gasteiger partial charge in [-0.15, -0.1) is 0 Å². The highest BCUT2D eigenvalue weighted by atomic mass is 16.7. The van der Waals surface area contributed by atoms with Crippen LogP contribution in [0.5, 0.6) is 23.0 Å². The number of methoxy groups -OCH3 is 1. The first-order valence-electron chi connectivity index (χ1n) is 13.2. The van der Waals surface area contributed by atoms with Gasteiger partial charge in [0.2, 0.25) is 6.79 Å². The van der Waals surface area contributed by atoms with Crippen molar-refractivity contribution in [2.45, 2.75) is 32.9 Å². The Labute approximate surface area is 227 Å². The van der Waals surface area contributed by atoms with Gasteiger partial charge in [-0.3, -0.25) is 9.89 Å². The molecule has 0 saturated heterocycles. The highest BCUT2D eigenvalue weighted by Crippen LogP contribution is 2.45. The quantitative estimate of drug-likeness (QED) is 0.289. The normalized spacial score (nSPS) is 15.6. The summed E-state index contributed by atoms with van der Waals surface area (Å²) in [6.07, 6.45) is 0.949. The zero-order chi connectivity index (χ0) is 26.9. The molecule has 0 spiro atoms. The topological polar surface area (TPSA) is 85.9 Å². The van der Waals surface area contributed by atoms with Crippen molar-refractivity contribution in [3.63, 3.8) is 0 Å². The summed E-state index contributed by atoms with van der Waals surface area (Å²) in [5.41, 5.74) is 4.90. The molecule has 1 amide bonds. The number of carbonyl (C=O) groups excluding carboxylic acids is 1. The Kier molecular flexibility index (Phi) is 6.60. The maximum atomic E-state index is 13.8. The summed E-state index contributed by atoms with van der Waals surface area (Å²) in [5.74, 6) is 3.14. The number of carbonyl (C=O) groups is 1. The lowest BCUT2D eigenvalue weighted by Crippen LogP contribution is -2.29. The van der Waals surface area contributed by atoms with Crippen LogP contribution in [0.3, 0.4) is 0 Å². The minimum absolute atomic E-state index is 0.112. The van der Waals surface area contributed by atoms with Crippen LogP contribution in [0.2, 0.25) is 0 Å². The average Bonchev–Trinajstić information content (AvgIpc) is 3.66. The molecule has 1 aromatic heterocycles. The molecule has 4 aromatic rings. The second kappa shape index (κ2) is 10.4. The predicted octanol–water partition coefficient (Wildman–Crippen LogP) is 5.98. The third-order valence-corrected chi connectivity index (χ3v) is 7.16. The molecule has 3 heterocycles. The molecule has 0 radical (unpaired) electrons. The molecule has 39 heavy (non-hydrogen) atoms. The molecule has 1 atom stereocenters. The molecule has 8 nitrogen and oxygen atoms in total. The summed E-state index contributed by atoms with van der Waals surface area (Å²) in [6.45, 7) is 5.53. The number of hydrogen-bond acceptors (Lipinski definition) is 6. The molecule has 0 saturated carbocycles. The van der Waals surface area contributed by atoms with Crippen LogP contribution in [0, 0.1) is 5.92 Å². The molecule has 6 rings (SSSR count). The number of hydrogen-bond donors (Lipinski definition) is 1. The Hall–Kier alpha value is -4.46. The Morgan fingerprint density at radius 3 is 2.64 bits per heavy atom. The van der Waals surface area contributed by atoms with Crippen molar-refractivity contribution < 1.29 is 23.7 Å². The highest BCUT2D eigenvalue weighted by molar-refractivity contribution is 6.00. The number of H-pyrrole nitrogens is 1. The van der Waals surface area contributed by atoms with Gasteiger partial charge in [0.15, 0.2) is 23.0 Å². The van der Waals surface area contributed by atoms with E-state index in [0.29, 0.717) is 47.8 Å². The van der Waals surface area contributed by atoms with Gasteiger partial charge in [0.05, 0.1) is 25.5 Å². The number of benzene rings is 3. The average molecular weight is 526 g/mol. The van der Waals surface area contributed by atoms with E-state index in [2.05, 4.69) is 24.0 Å². The molecule has 3 aromatic carbocycles. The molecule has 200 valence electrons. The first-order chi connectivity index (χ1) is 19.0. The molecule has 1 N–H and O–H groups in total. The molecule has 0 aliphatic carbocycles. The first-order valence-corrected chi connectivity index (χ1v) is 13.2. The van der Waals surface area contributed by atoms with Gasteiger partial charge in [0, 0.05) is 17.7 Å². The largest absolute Gasteiger partial charge is 0.493 e. The van der Waals surface area contributed by atoms with Crippen molar-refractivity contribution >= 4 is 5.91 Å². The maximum absolute atomic E-state index is 13.8. The first kappa shape index (κ1) is 24.9. The Morgan fingerprint density at radius 1 is 1.03 bits per heavy atom. The molecular formula is C31H31N3O5. The van der Waals surface area contributed by atoms with E-state index in [-0.39, 0.29) is 18.7 Å². The maximum Gasteiger partial charge on any atom is 0.273 e. The van der Waals surface area contributed by atoms with Gasteiger partial charge < -0.3 is 23.8 Å². The number of nitrogens with zero attached hydrogens (tertiary/aromatic N) is 2. The van der Waals surface area contributed by atoms with Crippen LogP contribution in [-0.4, -0.2) is 41.5 Å². The Morgan fingerprint density at radius 2 is 1.85 bits per heavy atom. The van der Waals surface area contributed by atoms with Gasteiger partial charge in [-0.05, 0) is 47.7 Å². The second-order valence-corrected chi connectivity index (χ2v) is 10.2. The van der Waals surface area contributed by atoms with Crippen molar-refractivity contribution in [1.82, 2.24) is 15.1 Å². The van der Waals surface area contributed by atoms with Crippen LogP contribution in [0.25, 0.3) is 11.3 Å². The molecule has 2 aliphatic rings. The molecule has 2 aliphatic heterocycles. The third kappa shape index (κ3) is 4.67. The molecule has 0 bridgehead atoms. The van der Waals surface area contributed by atoms with E-state index in [9.17, 15) is 4.79 Å². The molecule has 8 heteroatoms. The standard InChI is InChI=1S/C31H31N3O5/c1-19(2)13-14-37-23-12-10-22(16-25(23)36-3)30-27-28(21-7-5-4-6-8-21)32-33-29(27)31(35)34(30)17-20-9-11-24-26(15-20)39-18-38-24/h4-12,15-16,19,30H,13-14,17-18H2,1-3H3,(H,32,33). The number of fused-ring (bicyclic) bond motifs is 2. The minimum atomic E-state index is -0.384. The zero-order valence-electron chi connectivity index (χ0n) is 22.3. The van der Waals surface area contributed by atoms with E-state index in [1.165, 1.54) is 0 Å². The van der Waals surface area contributed by atoms with Crippen LogP contribution in [0.4, 0.5) is 0 Å². The number of ether oxygens (including phenoxy) is 4. The second-order valence-electron chi connectivity index (χ2n) is 10.2. The molecule has 0 fully saturated rings. The van der Waals surface area contributed by atoms with Gasteiger partial charge in [0.1, 0.15) is 5.69 Å². The van der Waals surface area contributed by atoms with E-state index >= 15 is 0 Å². The van der Waals surface area contributed by atoms with E-state index < -0.39 is 0 Å². The lowest BCUT2D eigenvalue weighted by molar-refractivity contribution is 0.0729. The van der Waals surface area contributed by atoms with Crippen molar-refractivity contribution in [3.05, 3.63) is 89.1 Å². The Bertz CT molecular complexity index is 1500. The van der Waals surface area contributed by atoms with Crippen LogP contribution >= 0.6 is 0 Å². The van der Waals surface area contributed by atoms with E-state index in [1.54, 1.807) is 7.11 Å². The monoisotopic (exact) mass is 525 g/mol. The smallest absolute Gasteiger partial charge is 0.273 e. The van der Waals surface area contributed by atoms with Crippen molar-refractivity contribution in [1.29, 1.82) is 0 Å². The molecular weight excluding hydrogens is 494 g/mol. The van der Waals surface area contributed by atoms with Crippen molar-refractivity contribution in [2.75, 3.05) is 20.5 Å². The molecule has 1 unspecified atom stereocenters. The highest BCUT2D eigenvalue weighted by Gasteiger charge is 2.42. The van der Waals surface area contributed by atoms with Gasteiger partial charge in [-0.1, -0.05) is 56.3 Å². The van der Waals surface area contributed by atoms with E-state index in [4.69, 9.17) is 18.9 Å². The van der Waals surface area contributed by atoms with Gasteiger partial charge in [0.25, 0.3) is 5.91 Å². The van der Waals surface area contributed by atoms with Gasteiger partial charge in [-0.25, -0.2) is 0 Å². The number of rotatable bonds is 9. The summed E-state index contributed by atoms with van der Waals surface area (Å²) in [6, 6.07) is 21.2. The minimum Gasteiger partial charge on any atom is -0.493 e. The van der Waals surface area contributed by atoms with Gasteiger partial charge in [-0.2, -0.15) is 5.10 Å². The Balaban J connectivity index is 1.41. The van der Waals surface area contributed by atoms with Crippen LogP contribution in [0.15, 0.2) is 66.7 Å². The summed E-state index contributed by atoms with van der Waals surface area (Å²) < 4.78 is 22.8. The third-order valence-electron chi connectivity index (χ3n) is 7.16. The number of nitrogens with one attached hydrogen (secondary N) is 1. The van der Waals surface area contributed by atoms with E-state index in [1.807, 2.05) is 71.6 Å². The fourth-order valence-electron chi connectivity index (χ4n) is 5.14. The van der Waals surface area contributed by atoms with Crippen LogP contribution < -0.4 is 18.9 Å². The van der Waals surface area contributed by atoms with Crippen LogP contribution in [0.1, 0.15) is 53.5 Å². The van der Waals surface area contributed by atoms with Crippen molar-refractivity contribution in [2.24, 2.45) is 5.92 Å². The van der Waals surface area contributed by atoms with E-state index in [0.717, 1.165) is 34.4 Å². The SMILES string of the molecule is COc1cc(C2c3c(-c4ccccc4)n[nH]c3C(=O)N2Cc2ccc3c(c2)OCO3)ccc1OCCC(C)C. The summed E-state index contributed by atoms with van der Waals surface area (Å²) in [4.78, 5) is 15.7. The van der Waals surface area contributed by atoms with Gasteiger partial charge >= 0.3 is 0 Å². The zero-order valence-corrected chi connectivity index (χ0v) is 22.3. The fraction of sp³-hybridized carbons (Fsp3) is 0.290. The summed E-state index contributed by atoms with van der Waals surface area (Å²) >= 11 is 0. The number of aromatic amines is 1. The number of aromatic nitrogens is 2. The van der Waals surface area contributed by atoms with Crippen LogP contribution in [-0.2, 0) is 6.54 Å². The van der Waals surface area contributed by atoms with Crippen molar-refractivity contribution in [3.8, 4) is 34.3 Å². The number of amides is 1.